The molecule has 1 heterocycles. The molecular weight excluding hydrogens is 353 g/mol. The molecule has 1 aliphatic rings. The van der Waals surface area contributed by atoms with Crippen molar-refractivity contribution in [3.63, 3.8) is 0 Å². The van der Waals surface area contributed by atoms with Crippen LogP contribution in [0.4, 0.5) is 4.39 Å². The summed E-state index contributed by atoms with van der Waals surface area (Å²) in [5.41, 5.74) is 1.05. The van der Waals surface area contributed by atoms with Crippen molar-refractivity contribution in [1.82, 2.24) is 14.9 Å². The molecule has 0 saturated heterocycles. The van der Waals surface area contributed by atoms with E-state index in [4.69, 9.17) is 0 Å². The van der Waals surface area contributed by atoms with E-state index in [9.17, 15) is 14.0 Å². The highest BCUT2D eigenvalue weighted by Gasteiger charge is 2.32. The van der Waals surface area contributed by atoms with Crippen LogP contribution in [0, 0.1) is 5.82 Å². The van der Waals surface area contributed by atoms with E-state index in [2.05, 4.69) is 9.97 Å². The summed E-state index contributed by atoms with van der Waals surface area (Å²) in [6.07, 6.45) is 3.53. The molecule has 1 fully saturated rings. The van der Waals surface area contributed by atoms with Gasteiger partial charge in [-0.3, -0.25) is 9.59 Å². The second-order valence-electron chi connectivity index (χ2n) is 6.42. The number of hydrogen-bond donors (Lipinski definition) is 1. The number of hydrogen-bond acceptors (Lipinski definition) is 4. The second kappa shape index (κ2) is 8.49. The Bertz CT molecular complexity index is 836. The maximum absolute atomic E-state index is 13.9. The standard InChI is InChI=1S/C19H22FN3O2S/c1-2-5-14-10-17(24)22-19(21-14)26-12-18(25)23(15-8-9-15)11-13-6-3-4-7-16(13)20/h3-4,6-7,10,15H,2,5,8-9,11-12H2,1H3,(H,21,22,24). The van der Waals surface area contributed by atoms with Gasteiger partial charge in [0.1, 0.15) is 5.82 Å². The van der Waals surface area contributed by atoms with Crippen LogP contribution >= 0.6 is 11.8 Å². The fraction of sp³-hybridized carbons (Fsp3) is 0.421. The van der Waals surface area contributed by atoms with Crippen LogP contribution in [0.3, 0.4) is 0 Å². The van der Waals surface area contributed by atoms with Crippen LogP contribution in [0.1, 0.15) is 37.4 Å². The third-order valence-electron chi connectivity index (χ3n) is 4.22. The van der Waals surface area contributed by atoms with Gasteiger partial charge < -0.3 is 9.88 Å². The first-order valence-electron chi connectivity index (χ1n) is 8.82. The molecule has 1 N–H and O–H groups in total. The molecule has 7 heteroatoms. The summed E-state index contributed by atoms with van der Waals surface area (Å²) < 4.78 is 13.9. The minimum atomic E-state index is -0.295. The number of carbonyl (C=O) groups excluding carboxylic acids is 1. The topological polar surface area (TPSA) is 66.1 Å². The lowest BCUT2D eigenvalue weighted by molar-refractivity contribution is -0.129. The smallest absolute Gasteiger partial charge is 0.251 e. The van der Waals surface area contributed by atoms with Gasteiger partial charge in [0.25, 0.3) is 5.56 Å². The highest BCUT2D eigenvalue weighted by Crippen LogP contribution is 2.30. The normalized spacial score (nSPS) is 13.6. The number of rotatable bonds is 8. The van der Waals surface area contributed by atoms with Crippen LogP contribution < -0.4 is 5.56 Å². The summed E-state index contributed by atoms with van der Waals surface area (Å²) in [5.74, 6) is -0.190. The Morgan fingerprint density at radius 1 is 1.38 bits per heavy atom. The van der Waals surface area contributed by atoms with Crippen molar-refractivity contribution in [3.8, 4) is 0 Å². The maximum Gasteiger partial charge on any atom is 0.251 e. The molecule has 0 bridgehead atoms. The zero-order valence-corrected chi connectivity index (χ0v) is 15.5. The molecule has 3 rings (SSSR count). The number of halogens is 1. The van der Waals surface area contributed by atoms with Crippen LogP contribution in [0.25, 0.3) is 0 Å². The lowest BCUT2D eigenvalue weighted by Gasteiger charge is -2.22. The average Bonchev–Trinajstić information content (AvgIpc) is 3.44. The Balaban J connectivity index is 1.66. The van der Waals surface area contributed by atoms with Crippen LogP contribution in [0.5, 0.6) is 0 Å². The van der Waals surface area contributed by atoms with Crippen molar-refractivity contribution in [2.45, 2.75) is 50.4 Å². The third-order valence-corrected chi connectivity index (χ3v) is 5.08. The SMILES string of the molecule is CCCc1cc(=O)[nH]c(SCC(=O)N(Cc2ccccc2F)C2CC2)n1. The molecule has 0 atom stereocenters. The second-order valence-corrected chi connectivity index (χ2v) is 7.39. The predicted octanol–water partition coefficient (Wildman–Crippen LogP) is 3.14. The predicted molar refractivity (Wildman–Crippen MR) is 99.5 cm³/mol. The Kier molecular flexibility index (Phi) is 6.08. The van der Waals surface area contributed by atoms with E-state index >= 15 is 0 Å². The molecule has 26 heavy (non-hydrogen) atoms. The molecule has 1 saturated carbocycles. The van der Waals surface area contributed by atoms with Gasteiger partial charge in [-0.1, -0.05) is 43.3 Å². The molecule has 1 aromatic carbocycles. The van der Waals surface area contributed by atoms with Crippen LogP contribution in [0.2, 0.25) is 0 Å². The van der Waals surface area contributed by atoms with E-state index in [1.165, 1.54) is 23.9 Å². The lowest BCUT2D eigenvalue weighted by atomic mass is 10.2. The van der Waals surface area contributed by atoms with Gasteiger partial charge in [0.15, 0.2) is 5.16 Å². The Hall–Kier alpha value is -2.15. The largest absolute Gasteiger partial charge is 0.335 e. The minimum Gasteiger partial charge on any atom is -0.335 e. The third kappa shape index (κ3) is 4.94. The van der Waals surface area contributed by atoms with Crippen molar-refractivity contribution in [3.05, 3.63) is 57.8 Å². The first kappa shape index (κ1) is 18.6. The molecule has 0 aliphatic heterocycles. The van der Waals surface area contributed by atoms with Gasteiger partial charge >= 0.3 is 0 Å². The first-order valence-corrected chi connectivity index (χ1v) is 9.81. The number of aromatic amines is 1. The van der Waals surface area contributed by atoms with Gasteiger partial charge in [0.05, 0.1) is 5.75 Å². The van der Waals surface area contributed by atoms with Crippen molar-refractivity contribution >= 4 is 17.7 Å². The van der Waals surface area contributed by atoms with Crippen LogP contribution in [-0.4, -0.2) is 32.6 Å². The number of H-pyrrole nitrogens is 1. The van der Waals surface area contributed by atoms with Gasteiger partial charge in [0.2, 0.25) is 5.91 Å². The monoisotopic (exact) mass is 375 g/mol. The number of aryl methyl sites for hydroxylation is 1. The van der Waals surface area contributed by atoms with Gasteiger partial charge in [-0.2, -0.15) is 0 Å². The van der Waals surface area contributed by atoms with Gasteiger partial charge in [0, 0.05) is 29.9 Å². The van der Waals surface area contributed by atoms with Crippen molar-refractivity contribution in [2.75, 3.05) is 5.75 Å². The highest BCUT2D eigenvalue weighted by molar-refractivity contribution is 7.99. The number of aromatic nitrogens is 2. The quantitative estimate of drug-likeness (QED) is 0.569. The summed E-state index contributed by atoms with van der Waals surface area (Å²) >= 11 is 1.22. The molecule has 0 radical (unpaired) electrons. The Morgan fingerprint density at radius 2 is 2.15 bits per heavy atom. The Morgan fingerprint density at radius 3 is 2.85 bits per heavy atom. The maximum atomic E-state index is 13.9. The molecule has 5 nitrogen and oxygen atoms in total. The van der Waals surface area contributed by atoms with E-state index in [0.29, 0.717) is 10.7 Å². The van der Waals surface area contributed by atoms with Crippen LogP contribution in [0.15, 0.2) is 40.3 Å². The number of thioether (sulfide) groups is 1. The van der Waals surface area contributed by atoms with Gasteiger partial charge in [-0.15, -0.1) is 0 Å². The lowest BCUT2D eigenvalue weighted by Crippen LogP contribution is -2.34. The van der Waals surface area contributed by atoms with E-state index in [0.717, 1.165) is 31.4 Å². The summed E-state index contributed by atoms with van der Waals surface area (Å²) in [6.45, 7) is 2.30. The zero-order chi connectivity index (χ0) is 18.5. The summed E-state index contributed by atoms with van der Waals surface area (Å²) in [4.78, 5) is 33.2. The van der Waals surface area contributed by atoms with E-state index in [1.54, 1.807) is 23.1 Å². The first-order chi connectivity index (χ1) is 12.6. The number of benzene rings is 1. The number of carbonyl (C=O) groups is 1. The Labute approximate surface area is 156 Å². The highest BCUT2D eigenvalue weighted by atomic mass is 32.2. The molecule has 138 valence electrons. The van der Waals surface area contributed by atoms with Crippen molar-refractivity contribution < 1.29 is 9.18 Å². The van der Waals surface area contributed by atoms with Gasteiger partial charge in [-0.25, -0.2) is 9.37 Å². The van der Waals surface area contributed by atoms with Crippen molar-refractivity contribution in [2.24, 2.45) is 0 Å². The molecule has 0 unspecified atom stereocenters. The molecular formula is C19H22FN3O2S. The zero-order valence-electron chi connectivity index (χ0n) is 14.7. The summed E-state index contributed by atoms with van der Waals surface area (Å²) in [5, 5.41) is 0.455. The summed E-state index contributed by atoms with van der Waals surface area (Å²) in [6, 6.07) is 8.21. The van der Waals surface area contributed by atoms with E-state index in [1.807, 2.05) is 6.92 Å². The minimum absolute atomic E-state index is 0.0655. The molecule has 1 aliphatic carbocycles. The van der Waals surface area contributed by atoms with Crippen molar-refractivity contribution in [1.29, 1.82) is 0 Å². The number of nitrogens with zero attached hydrogens (tertiary/aromatic N) is 2. The molecule has 2 aromatic rings. The fourth-order valence-electron chi connectivity index (χ4n) is 2.77. The van der Waals surface area contributed by atoms with E-state index in [-0.39, 0.29) is 35.6 Å². The van der Waals surface area contributed by atoms with Crippen LogP contribution in [-0.2, 0) is 17.8 Å². The average molecular weight is 375 g/mol. The molecule has 0 spiro atoms. The molecule has 1 amide bonds. The molecule has 1 aromatic heterocycles. The van der Waals surface area contributed by atoms with Gasteiger partial charge in [-0.05, 0) is 25.3 Å². The number of amides is 1. The van der Waals surface area contributed by atoms with E-state index < -0.39 is 0 Å². The fourth-order valence-corrected chi connectivity index (χ4v) is 3.55. The number of nitrogens with one attached hydrogen (secondary N) is 1. The summed E-state index contributed by atoms with van der Waals surface area (Å²) in [7, 11) is 0.